The van der Waals surface area contributed by atoms with Crippen molar-refractivity contribution in [2.24, 2.45) is 5.92 Å². The van der Waals surface area contributed by atoms with Crippen molar-refractivity contribution in [2.45, 2.75) is 24.4 Å². The van der Waals surface area contributed by atoms with Gasteiger partial charge in [-0.25, -0.2) is 8.42 Å². The summed E-state index contributed by atoms with van der Waals surface area (Å²) in [6.07, 6.45) is 1.47. The second-order valence-electron chi connectivity index (χ2n) is 10.2. The first-order chi connectivity index (χ1) is 18.2. The van der Waals surface area contributed by atoms with Gasteiger partial charge >= 0.3 is 0 Å². The number of rotatable bonds is 10. The summed E-state index contributed by atoms with van der Waals surface area (Å²) in [7, 11) is -3.64. The third kappa shape index (κ3) is 6.33. The largest absolute Gasteiger partial charge is 0.394 e. The minimum absolute atomic E-state index is 0.0263. The van der Waals surface area contributed by atoms with Crippen LogP contribution in [0.15, 0.2) is 72.8 Å². The quantitative estimate of drug-likeness (QED) is 0.326. The van der Waals surface area contributed by atoms with Gasteiger partial charge in [0.15, 0.2) is 0 Å². The van der Waals surface area contributed by atoms with Crippen LogP contribution in [0, 0.1) is 5.92 Å². The van der Waals surface area contributed by atoms with Gasteiger partial charge in [-0.2, -0.15) is 0 Å². The Hall–Kier alpha value is -2.62. The molecule has 1 aliphatic heterocycles. The van der Waals surface area contributed by atoms with Gasteiger partial charge in [0.2, 0.25) is 10.0 Å². The third-order valence-corrected chi connectivity index (χ3v) is 9.07. The van der Waals surface area contributed by atoms with Crippen molar-refractivity contribution in [2.75, 3.05) is 30.2 Å². The molecule has 3 aromatic rings. The minimum atomic E-state index is -3.64. The fourth-order valence-electron chi connectivity index (χ4n) is 4.87. The lowest BCUT2D eigenvalue weighted by Gasteiger charge is -2.44. The van der Waals surface area contributed by atoms with Gasteiger partial charge in [-0.3, -0.25) is 14.4 Å². The number of aliphatic hydroxyl groups excluding tert-OH is 1. The number of amides is 1. The van der Waals surface area contributed by atoms with Crippen LogP contribution in [0.2, 0.25) is 10.0 Å². The first-order valence-electron chi connectivity index (χ1n) is 12.4. The number of nitrogens with one attached hydrogen (secondary N) is 2. The van der Waals surface area contributed by atoms with Gasteiger partial charge in [0.05, 0.1) is 23.9 Å². The molecule has 0 spiro atoms. The molecule has 200 valence electrons. The average molecular weight is 575 g/mol. The van der Waals surface area contributed by atoms with Crippen molar-refractivity contribution in [3.05, 3.63) is 99.5 Å². The molecule has 3 N–H and O–H groups in total. The Labute approximate surface area is 232 Å². The van der Waals surface area contributed by atoms with E-state index in [0.29, 0.717) is 34.4 Å². The molecule has 1 saturated carbocycles. The highest BCUT2D eigenvalue weighted by Crippen LogP contribution is 2.36. The standard InChI is InChI=1S/C28H29Cl2N3O4S/c29-23-8-4-20(5-9-23)26(21-6-10-24(30)11-7-21)33-15-19(16-33)17-38(36,37)32-25-3-1-2-22(14-25)27(35)31-28(18-34)12-13-28/h1-11,14,19,26,32,34H,12-13,15-18H2,(H,31,35). The third-order valence-electron chi connectivity index (χ3n) is 7.11. The predicted octanol–water partition coefficient (Wildman–Crippen LogP) is 4.71. The number of hydrogen-bond acceptors (Lipinski definition) is 5. The smallest absolute Gasteiger partial charge is 0.251 e. The van der Waals surface area contributed by atoms with Crippen molar-refractivity contribution in [3.63, 3.8) is 0 Å². The zero-order valence-corrected chi connectivity index (χ0v) is 22.9. The van der Waals surface area contributed by atoms with E-state index in [1.165, 1.54) is 6.07 Å². The number of likely N-dealkylation sites (tertiary alicyclic amines) is 1. The SMILES string of the molecule is O=C(NC1(CO)CC1)c1cccc(NS(=O)(=O)CC2CN(C(c3ccc(Cl)cc3)c3ccc(Cl)cc3)C2)c1. The molecule has 1 aliphatic carbocycles. The number of anilines is 1. The molecule has 1 amide bonds. The van der Waals surface area contributed by atoms with Gasteiger partial charge in [-0.1, -0.05) is 53.5 Å². The highest BCUT2D eigenvalue weighted by molar-refractivity contribution is 7.92. The first kappa shape index (κ1) is 27.0. The monoisotopic (exact) mass is 573 g/mol. The van der Waals surface area contributed by atoms with E-state index in [4.69, 9.17) is 23.2 Å². The maximum atomic E-state index is 13.0. The van der Waals surface area contributed by atoms with Crippen LogP contribution >= 0.6 is 23.2 Å². The lowest BCUT2D eigenvalue weighted by molar-refractivity contribution is 0.0813. The topological polar surface area (TPSA) is 98.7 Å². The second-order valence-corrected chi connectivity index (χ2v) is 12.8. The molecule has 10 heteroatoms. The average Bonchev–Trinajstić information content (AvgIpc) is 3.64. The Kier molecular flexibility index (Phi) is 7.71. The van der Waals surface area contributed by atoms with E-state index in [9.17, 15) is 18.3 Å². The Morgan fingerprint density at radius 2 is 1.55 bits per heavy atom. The number of hydrogen-bond donors (Lipinski definition) is 3. The van der Waals surface area contributed by atoms with E-state index in [1.54, 1.807) is 18.2 Å². The molecule has 1 saturated heterocycles. The van der Waals surface area contributed by atoms with Gasteiger partial charge < -0.3 is 10.4 Å². The van der Waals surface area contributed by atoms with E-state index >= 15 is 0 Å². The van der Waals surface area contributed by atoms with Gasteiger partial charge in [0, 0.05) is 40.3 Å². The van der Waals surface area contributed by atoms with Crippen LogP contribution in [-0.4, -0.2) is 55.3 Å². The number of nitrogens with zero attached hydrogens (tertiary/aromatic N) is 1. The summed E-state index contributed by atoms with van der Waals surface area (Å²) in [6.45, 7) is 1.12. The van der Waals surface area contributed by atoms with Crippen LogP contribution in [0.5, 0.6) is 0 Å². The Morgan fingerprint density at radius 1 is 0.974 bits per heavy atom. The molecule has 1 heterocycles. The first-order valence-corrected chi connectivity index (χ1v) is 14.9. The van der Waals surface area contributed by atoms with Crippen LogP contribution in [0.4, 0.5) is 5.69 Å². The highest BCUT2D eigenvalue weighted by atomic mass is 35.5. The molecule has 3 aromatic carbocycles. The zero-order valence-electron chi connectivity index (χ0n) is 20.6. The van der Waals surface area contributed by atoms with Crippen LogP contribution in [0.3, 0.4) is 0 Å². The van der Waals surface area contributed by atoms with E-state index in [1.807, 2.05) is 48.5 Å². The van der Waals surface area contributed by atoms with Crippen molar-refractivity contribution in [1.82, 2.24) is 10.2 Å². The molecule has 2 fully saturated rings. The summed E-state index contributed by atoms with van der Waals surface area (Å²) in [4.78, 5) is 14.8. The zero-order chi connectivity index (χ0) is 26.9. The molecular weight excluding hydrogens is 545 g/mol. The van der Waals surface area contributed by atoms with Gasteiger partial charge in [-0.15, -0.1) is 0 Å². The van der Waals surface area contributed by atoms with E-state index < -0.39 is 15.6 Å². The number of carbonyl (C=O) groups excluding carboxylic acids is 1. The lowest BCUT2D eigenvalue weighted by Crippen LogP contribution is -2.51. The fraction of sp³-hybridized carbons (Fsp3) is 0.321. The van der Waals surface area contributed by atoms with Crippen molar-refractivity contribution in [1.29, 1.82) is 0 Å². The summed E-state index contributed by atoms with van der Waals surface area (Å²) in [5.74, 6) is -0.398. The molecule has 0 atom stereocenters. The molecular formula is C28H29Cl2N3O4S. The van der Waals surface area contributed by atoms with E-state index in [2.05, 4.69) is 14.9 Å². The Balaban J connectivity index is 1.22. The van der Waals surface area contributed by atoms with Crippen LogP contribution in [0.1, 0.15) is 40.4 Å². The maximum absolute atomic E-state index is 13.0. The number of halogens is 2. The molecule has 0 bridgehead atoms. The van der Waals surface area contributed by atoms with Crippen molar-refractivity contribution in [3.8, 4) is 0 Å². The molecule has 0 unspecified atom stereocenters. The molecule has 2 aliphatic rings. The molecule has 7 nitrogen and oxygen atoms in total. The van der Waals surface area contributed by atoms with Gasteiger partial charge in [0.1, 0.15) is 0 Å². The van der Waals surface area contributed by atoms with Gasteiger partial charge in [-0.05, 0) is 66.4 Å². The summed E-state index contributed by atoms with van der Waals surface area (Å²) < 4.78 is 28.6. The predicted molar refractivity (Wildman–Crippen MR) is 150 cm³/mol. The summed E-state index contributed by atoms with van der Waals surface area (Å²) >= 11 is 12.2. The van der Waals surface area contributed by atoms with E-state index in [0.717, 1.165) is 24.0 Å². The fourth-order valence-corrected chi connectivity index (χ4v) is 6.53. The highest BCUT2D eigenvalue weighted by Gasteiger charge is 2.43. The summed E-state index contributed by atoms with van der Waals surface area (Å²) in [5.41, 5.74) is 2.27. The summed E-state index contributed by atoms with van der Waals surface area (Å²) in [5, 5.41) is 13.6. The van der Waals surface area contributed by atoms with Gasteiger partial charge in [0.25, 0.3) is 5.91 Å². The van der Waals surface area contributed by atoms with Crippen LogP contribution in [-0.2, 0) is 10.0 Å². The number of sulfonamides is 1. The normalized spacial score (nSPS) is 17.2. The van der Waals surface area contributed by atoms with Crippen LogP contribution in [0.25, 0.3) is 0 Å². The summed E-state index contributed by atoms with van der Waals surface area (Å²) in [6, 6.07) is 21.7. The number of benzene rings is 3. The molecule has 0 aromatic heterocycles. The van der Waals surface area contributed by atoms with Crippen LogP contribution < -0.4 is 10.0 Å². The second kappa shape index (κ2) is 10.9. The lowest BCUT2D eigenvalue weighted by atomic mass is 9.91. The maximum Gasteiger partial charge on any atom is 0.251 e. The molecule has 38 heavy (non-hydrogen) atoms. The Morgan fingerprint density at radius 3 is 2.08 bits per heavy atom. The minimum Gasteiger partial charge on any atom is -0.394 e. The Bertz CT molecular complexity index is 1360. The van der Waals surface area contributed by atoms with Crippen molar-refractivity contribution < 1.29 is 18.3 Å². The molecule has 5 rings (SSSR count). The number of carbonyl (C=O) groups is 1. The van der Waals surface area contributed by atoms with Crippen molar-refractivity contribution >= 4 is 44.8 Å². The molecule has 0 radical (unpaired) electrons. The van der Waals surface area contributed by atoms with E-state index in [-0.39, 0.29) is 30.2 Å². The number of aliphatic hydroxyl groups is 1.